The number of nitrogens with zero attached hydrogens (tertiary/aromatic N) is 3. The van der Waals surface area contributed by atoms with Crippen molar-refractivity contribution in [2.75, 3.05) is 19.7 Å². The van der Waals surface area contributed by atoms with Crippen LogP contribution in [0.1, 0.15) is 30.2 Å². The molecule has 1 N–H and O–H groups in total. The van der Waals surface area contributed by atoms with E-state index >= 15 is 0 Å². The molecule has 2 aliphatic heterocycles. The van der Waals surface area contributed by atoms with Gasteiger partial charge in [-0.25, -0.2) is 4.98 Å². The average Bonchev–Trinajstić information content (AvgIpc) is 3.27. The van der Waals surface area contributed by atoms with Crippen LogP contribution in [-0.4, -0.2) is 51.8 Å². The normalized spacial score (nSPS) is 23.0. The number of para-hydroxylation sites is 1. The number of rotatable bonds is 3. The van der Waals surface area contributed by atoms with Gasteiger partial charge < -0.3 is 14.4 Å². The summed E-state index contributed by atoms with van der Waals surface area (Å²) < 4.78 is 11.6. The first kappa shape index (κ1) is 15.1. The second-order valence-electron chi connectivity index (χ2n) is 6.06. The van der Waals surface area contributed by atoms with Gasteiger partial charge in [-0.05, 0) is 11.6 Å². The molecule has 0 bridgehead atoms. The summed E-state index contributed by atoms with van der Waals surface area (Å²) >= 11 is 0. The van der Waals surface area contributed by atoms with Crippen molar-refractivity contribution in [1.82, 2.24) is 20.1 Å². The number of aromatic amines is 1. The molecule has 0 saturated carbocycles. The molecule has 7 nitrogen and oxygen atoms in total. The third kappa shape index (κ3) is 2.75. The zero-order chi connectivity index (χ0) is 16.5. The molecule has 0 unspecified atom stereocenters. The van der Waals surface area contributed by atoms with Crippen LogP contribution in [0.3, 0.4) is 0 Å². The molecule has 0 radical (unpaired) electrons. The Bertz CT molecular complexity index is 720. The van der Waals surface area contributed by atoms with E-state index in [4.69, 9.17) is 9.47 Å². The Balaban J connectivity index is 1.44. The molecule has 2 aromatic rings. The van der Waals surface area contributed by atoms with E-state index in [-0.39, 0.29) is 12.0 Å². The highest BCUT2D eigenvalue weighted by molar-refractivity contribution is 5.82. The summed E-state index contributed by atoms with van der Waals surface area (Å²) in [7, 11) is 0. The molecule has 126 valence electrons. The second kappa shape index (κ2) is 6.24. The van der Waals surface area contributed by atoms with Crippen molar-refractivity contribution in [2.45, 2.75) is 32.0 Å². The third-order valence-corrected chi connectivity index (χ3v) is 4.47. The van der Waals surface area contributed by atoms with Crippen molar-refractivity contribution in [3.63, 3.8) is 0 Å². The maximum absolute atomic E-state index is 12.8. The van der Waals surface area contributed by atoms with Gasteiger partial charge in [0, 0.05) is 19.4 Å². The first-order valence-corrected chi connectivity index (χ1v) is 8.30. The molecule has 0 aliphatic carbocycles. The number of hydrogen-bond donors (Lipinski definition) is 1. The van der Waals surface area contributed by atoms with Gasteiger partial charge in [0.25, 0.3) is 5.91 Å². The molecule has 1 fully saturated rings. The minimum Gasteiger partial charge on any atom is -0.480 e. The smallest absolute Gasteiger partial charge is 0.264 e. The second-order valence-corrected chi connectivity index (χ2v) is 6.06. The van der Waals surface area contributed by atoms with Gasteiger partial charge in [-0.2, -0.15) is 5.10 Å². The van der Waals surface area contributed by atoms with Crippen LogP contribution in [0.5, 0.6) is 5.75 Å². The fourth-order valence-electron chi connectivity index (χ4n) is 3.14. The fourth-order valence-corrected chi connectivity index (χ4v) is 3.14. The topological polar surface area (TPSA) is 80.3 Å². The Morgan fingerprint density at radius 3 is 3.08 bits per heavy atom. The molecule has 1 saturated heterocycles. The van der Waals surface area contributed by atoms with E-state index in [1.807, 2.05) is 31.2 Å². The molecule has 0 spiro atoms. The van der Waals surface area contributed by atoms with E-state index in [9.17, 15) is 4.79 Å². The SMILES string of the molecule is CCc1nc([C@@H]2CN(C(=O)[C@@H]3Cc4ccccc4O3)CCO2)n[nH]1. The Kier molecular flexibility index (Phi) is 3.93. The summed E-state index contributed by atoms with van der Waals surface area (Å²) in [5, 5.41) is 7.10. The van der Waals surface area contributed by atoms with Gasteiger partial charge >= 0.3 is 0 Å². The van der Waals surface area contributed by atoms with E-state index in [1.54, 1.807) is 4.90 Å². The molecular weight excluding hydrogens is 308 g/mol. The molecule has 4 rings (SSSR count). The number of carbonyl (C=O) groups excluding carboxylic acids is 1. The van der Waals surface area contributed by atoms with Gasteiger partial charge in [0.2, 0.25) is 0 Å². The van der Waals surface area contributed by atoms with E-state index in [1.165, 1.54) is 0 Å². The van der Waals surface area contributed by atoms with Crippen LogP contribution in [0.15, 0.2) is 24.3 Å². The Labute approximate surface area is 140 Å². The number of aryl methyl sites for hydroxylation is 1. The van der Waals surface area contributed by atoms with Crippen LogP contribution < -0.4 is 4.74 Å². The van der Waals surface area contributed by atoms with Gasteiger partial charge in [-0.15, -0.1) is 0 Å². The highest BCUT2D eigenvalue weighted by Crippen LogP contribution is 2.30. The van der Waals surface area contributed by atoms with Crippen LogP contribution in [-0.2, 0) is 22.4 Å². The number of aromatic nitrogens is 3. The lowest BCUT2D eigenvalue weighted by atomic mass is 10.1. The minimum absolute atomic E-state index is 0.00532. The van der Waals surface area contributed by atoms with Gasteiger partial charge in [-0.1, -0.05) is 25.1 Å². The lowest BCUT2D eigenvalue weighted by Crippen LogP contribution is -2.48. The Hall–Kier alpha value is -2.41. The monoisotopic (exact) mass is 328 g/mol. The number of carbonyl (C=O) groups is 1. The number of amides is 1. The van der Waals surface area contributed by atoms with E-state index < -0.39 is 6.10 Å². The maximum Gasteiger partial charge on any atom is 0.264 e. The van der Waals surface area contributed by atoms with Crippen LogP contribution in [0.4, 0.5) is 0 Å². The molecule has 7 heteroatoms. The molecule has 2 aliphatic rings. The molecule has 1 aromatic heterocycles. The van der Waals surface area contributed by atoms with Crippen molar-refractivity contribution >= 4 is 5.91 Å². The first-order valence-electron chi connectivity index (χ1n) is 8.30. The minimum atomic E-state index is -0.445. The number of hydrogen-bond acceptors (Lipinski definition) is 5. The van der Waals surface area contributed by atoms with Gasteiger partial charge in [0.05, 0.1) is 13.2 Å². The summed E-state index contributed by atoms with van der Waals surface area (Å²) in [4.78, 5) is 19.0. The van der Waals surface area contributed by atoms with Gasteiger partial charge in [-0.3, -0.25) is 9.89 Å². The third-order valence-electron chi connectivity index (χ3n) is 4.47. The highest BCUT2D eigenvalue weighted by atomic mass is 16.5. The number of benzene rings is 1. The van der Waals surface area contributed by atoms with E-state index in [0.717, 1.165) is 23.6 Å². The predicted octanol–water partition coefficient (Wildman–Crippen LogP) is 1.27. The van der Waals surface area contributed by atoms with Crippen LogP contribution in [0, 0.1) is 0 Å². The quantitative estimate of drug-likeness (QED) is 0.918. The van der Waals surface area contributed by atoms with Crippen molar-refractivity contribution in [3.8, 4) is 5.75 Å². The molecule has 24 heavy (non-hydrogen) atoms. The lowest BCUT2D eigenvalue weighted by Gasteiger charge is -2.32. The Morgan fingerprint density at radius 2 is 2.29 bits per heavy atom. The summed E-state index contributed by atoms with van der Waals surface area (Å²) in [6.07, 6.45) is 0.677. The van der Waals surface area contributed by atoms with Crippen molar-refractivity contribution < 1.29 is 14.3 Å². The summed E-state index contributed by atoms with van der Waals surface area (Å²) in [5.74, 6) is 2.25. The highest BCUT2D eigenvalue weighted by Gasteiger charge is 2.35. The number of fused-ring (bicyclic) bond motifs is 1. The first-order chi connectivity index (χ1) is 11.7. The number of morpholine rings is 1. The van der Waals surface area contributed by atoms with Crippen LogP contribution >= 0.6 is 0 Å². The maximum atomic E-state index is 12.8. The van der Waals surface area contributed by atoms with Gasteiger partial charge in [0.15, 0.2) is 11.9 Å². The summed E-state index contributed by atoms with van der Waals surface area (Å²) in [6, 6.07) is 7.80. The van der Waals surface area contributed by atoms with Crippen LogP contribution in [0.25, 0.3) is 0 Å². The fraction of sp³-hybridized carbons (Fsp3) is 0.471. The van der Waals surface area contributed by atoms with Crippen molar-refractivity contribution in [2.24, 2.45) is 0 Å². The lowest BCUT2D eigenvalue weighted by molar-refractivity contribution is -0.146. The molecule has 1 amide bonds. The van der Waals surface area contributed by atoms with Crippen molar-refractivity contribution in [3.05, 3.63) is 41.5 Å². The predicted molar refractivity (Wildman–Crippen MR) is 85.6 cm³/mol. The van der Waals surface area contributed by atoms with Gasteiger partial charge in [0.1, 0.15) is 17.7 Å². The van der Waals surface area contributed by atoms with Crippen molar-refractivity contribution in [1.29, 1.82) is 0 Å². The number of H-pyrrole nitrogens is 1. The standard InChI is InChI=1S/C17H20N4O3/c1-2-15-18-16(20-19-15)14-10-21(7-8-23-14)17(22)13-9-11-5-3-4-6-12(11)24-13/h3-6,13-14H,2,7-10H2,1H3,(H,18,19,20)/t13-,14-/m0/s1. The molecule has 1 aromatic carbocycles. The van der Waals surface area contributed by atoms with Crippen LogP contribution in [0.2, 0.25) is 0 Å². The largest absolute Gasteiger partial charge is 0.480 e. The summed E-state index contributed by atoms with van der Waals surface area (Å²) in [6.45, 7) is 3.51. The molecular formula is C17H20N4O3. The zero-order valence-electron chi connectivity index (χ0n) is 13.6. The molecule has 3 heterocycles. The van der Waals surface area contributed by atoms with E-state index in [0.29, 0.717) is 31.9 Å². The zero-order valence-corrected chi connectivity index (χ0v) is 13.6. The Morgan fingerprint density at radius 1 is 1.42 bits per heavy atom. The number of ether oxygens (including phenoxy) is 2. The number of nitrogens with one attached hydrogen (secondary N) is 1. The summed E-state index contributed by atoms with van der Waals surface area (Å²) in [5.41, 5.74) is 1.09. The van der Waals surface area contributed by atoms with E-state index in [2.05, 4.69) is 15.2 Å². The average molecular weight is 328 g/mol. The molecule has 2 atom stereocenters.